The Morgan fingerprint density at radius 3 is 3.06 bits per heavy atom. The van der Waals surface area contributed by atoms with Crippen molar-refractivity contribution in [2.45, 2.75) is 25.9 Å². The van der Waals surface area contributed by atoms with Crippen LogP contribution in [-0.4, -0.2) is 43.3 Å². The van der Waals surface area contributed by atoms with Gasteiger partial charge in [0.05, 0.1) is 6.10 Å². The monoisotopic (exact) mass is 236 g/mol. The number of anilines is 2. The first kappa shape index (κ1) is 12.1. The van der Waals surface area contributed by atoms with Crippen molar-refractivity contribution in [3.63, 3.8) is 0 Å². The molecule has 1 N–H and O–H groups in total. The van der Waals surface area contributed by atoms with Crippen LogP contribution in [0.4, 0.5) is 11.8 Å². The minimum Gasteiger partial charge on any atom is -0.380 e. The Bertz CT molecular complexity index is 383. The summed E-state index contributed by atoms with van der Waals surface area (Å²) >= 11 is 0. The van der Waals surface area contributed by atoms with Crippen molar-refractivity contribution in [1.82, 2.24) is 9.97 Å². The Labute approximate surface area is 102 Å². The summed E-state index contributed by atoms with van der Waals surface area (Å²) in [5.74, 6) is 1.69. The minimum absolute atomic E-state index is 0.316. The van der Waals surface area contributed by atoms with E-state index in [9.17, 15) is 0 Å². The van der Waals surface area contributed by atoms with Gasteiger partial charge in [-0.1, -0.05) is 0 Å². The van der Waals surface area contributed by atoms with Crippen LogP contribution in [0.1, 0.15) is 18.4 Å². The Morgan fingerprint density at radius 2 is 2.35 bits per heavy atom. The maximum absolute atomic E-state index is 5.44. The van der Waals surface area contributed by atoms with Crippen molar-refractivity contribution in [2.75, 3.05) is 37.5 Å². The number of ether oxygens (including phenoxy) is 1. The summed E-state index contributed by atoms with van der Waals surface area (Å²) in [6.07, 6.45) is 4.47. The van der Waals surface area contributed by atoms with Crippen LogP contribution in [0, 0.1) is 6.92 Å². The Hall–Kier alpha value is -1.36. The van der Waals surface area contributed by atoms with Gasteiger partial charge in [0.1, 0.15) is 5.82 Å². The van der Waals surface area contributed by atoms with Gasteiger partial charge in [-0.2, -0.15) is 4.98 Å². The van der Waals surface area contributed by atoms with E-state index in [1.165, 1.54) is 0 Å². The number of aromatic nitrogens is 2. The summed E-state index contributed by atoms with van der Waals surface area (Å²) in [6, 6.07) is 0. The molecule has 2 heterocycles. The highest BCUT2D eigenvalue weighted by Gasteiger charge is 2.22. The van der Waals surface area contributed by atoms with Crippen molar-refractivity contribution >= 4 is 11.8 Å². The van der Waals surface area contributed by atoms with E-state index in [1.807, 2.05) is 20.2 Å². The number of hydrogen-bond donors (Lipinski definition) is 1. The lowest BCUT2D eigenvalue weighted by Gasteiger charge is -2.33. The zero-order chi connectivity index (χ0) is 12.3. The molecular weight excluding hydrogens is 216 g/mol. The first-order valence-electron chi connectivity index (χ1n) is 6.03. The molecule has 1 aliphatic heterocycles. The van der Waals surface area contributed by atoms with E-state index >= 15 is 0 Å². The quantitative estimate of drug-likeness (QED) is 0.860. The van der Waals surface area contributed by atoms with Gasteiger partial charge in [-0.15, -0.1) is 0 Å². The molecule has 94 valence electrons. The smallest absolute Gasteiger partial charge is 0.224 e. The van der Waals surface area contributed by atoms with E-state index in [4.69, 9.17) is 4.74 Å². The molecule has 0 aliphatic carbocycles. The third-order valence-electron chi connectivity index (χ3n) is 3.18. The second-order valence-electron chi connectivity index (χ2n) is 4.40. The van der Waals surface area contributed by atoms with Crippen LogP contribution < -0.4 is 10.2 Å². The molecule has 1 saturated heterocycles. The molecule has 1 atom stereocenters. The number of nitrogens with one attached hydrogen (secondary N) is 1. The van der Waals surface area contributed by atoms with Crippen molar-refractivity contribution in [1.29, 1.82) is 0 Å². The predicted octanol–water partition coefficient (Wildman–Crippen LogP) is 1.44. The van der Waals surface area contributed by atoms with Gasteiger partial charge < -0.3 is 15.0 Å². The van der Waals surface area contributed by atoms with Gasteiger partial charge in [0, 0.05) is 39.0 Å². The second-order valence-corrected chi connectivity index (χ2v) is 4.40. The number of aryl methyl sites for hydroxylation is 1. The lowest BCUT2D eigenvalue weighted by Crippen LogP contribution is -2.40. The van der Waals surface area contributed by atoms with E-state index in [-0.39, 0.29) is 0 Å². The minimum atomic E-state index is 0.316. The van der Waals surface area contributed by atoms with E-state index in [1.54, 1.807) is 7.11 Å². The van der Waals surface area contributed by atoms with Gasteiger partial charge >= 0.3 is 0 Å². The second kappa shape index (κ2) is 5.31. The van der Waals surface area contributed by atoms with Crippen LogP contribution in [0.25, 0.3) is 0 Å². The molecule has 0 aromatic carbocycles. The third-order valence-corrected chi connectivity index (χ3v) is 3.18. The molecule has 5 nitrogen and oxygen atoms in total. The summed E-state index contributed by atoms with van der Waals surface area (Å²) in [5.41, 5.74) is 1.11. The average molecular weight is 236 g/mol. The molecule has 0 spiro atoms. The lowest BCUT2D eigenvalue weighted by atomic mass is 10.1. The molecule has 0 radical (unpaired) electrons. The maximum Gasteiger partial charge on any atom is 0.224 e. The zero-order valence-corrected chi connectivity index (χ0v) is 10.7. The fourth-order valence-corrected chi connectivity index (χ4v) is 2.20. The van der Waals surface area contributed by atoms with Crippen LogP contribution >= 0.6 is 0 Å². The van der Waals surface area contributed by atoms with E-state index < -0.39 is 0 Å². The highest BCUT2D eigenvalue weighted by Crippen LogP contribution is 2.23. The van der Waals surface area contributed by atoms with Crippen LogP contribution in [0.2, 0.25) is 0 Å². The number of nitrogens with zero attached hydrogens (tertiary/aromatic N) is 3. The third kappa shape index (κ3) is 2.66. The summed E-state index contributed by atoms with van der Waals surface area (Å²) in [5, 5.41) is 2.98. The zero-order valence-electron chi connectivity index (χ0n) is 10.7. The number of hydrogen-bond acceptors (Lipinski definition) is 5. The molecule has 0 saturated carbocycles. The van der Waals surface area contributed by atoms with Gasteiger partial charge in [-0.05, 0) is 19.8 Å². The van der Waals surface area contributed by atoms with Crippen molar-refractivity contribution in [3.05, 3.63) is 11.8 Å². The molecule has 0 bridgehead atoms. The van der Waals surface area contributed by atoms with Crippen LogP contribution in [-0.2, 0) is 4.74 Å². The Morgan fingerprint density at radius 1 is 1.53 bits per heavy atom. The molecule has 1 aromatic heterocycles. The first-order chi connectivity index (χ1) is 8.24. The first-order valence-corrected chi connectivity index (χ1v) is 6.03. The van der Waals surface area contributed by atoms with Crippen molar-refractivity contribution in [3.8, 4) is 0 Å². The molecule has 0 amide bonds. The van der Waals surface area contributed by atoms with E-state index in [0.717, 1.165) is 37.3 Å². The number of rotatable bonds is 3. The fourth-order valence-electron chi connectivity index (χ4n) is 2.20. The summed E-state index contributed by atoms with van der Waals surface area (Å²) in [6.45, 7) is 4.00. The summed E-state index contributed by atoms with van der Waals surface area (Å²) < 4.78 is 5.44. The molecule has 1 unspecified atom stereocenters. The highest BCUT2D eigenvalue weighted by molar-refractivity contribution is 5.49. The van der Waals surface area contributed by atoms with Gasteiger partial charge in [0.25, 0.3) is 0 Å². The number of piperidine rings is 1. The van der Waals surface area contributed by atoms with E-state index in [2.05, 4.69) is 20.2 Å². The van der Waals surface area contributed by atoms with Crippen molar-refractivity contribution < 1.29 is 4.74 Å². The fraction of sp³-hybridized carbons (Fsp3) is 0.667. The van der Waals surface area contributed by atoms with Gasteiger partial charge in [-0.3, -0.25) is 0 Å². The van der Waals surface area contributed by atoms with Gasteiger partial charge in [-0.25, -0.2) is 4.98 Å². The summed E-state index contributed by atoms with van der Waals surface area (Å²) in [4.78, 5) is 11.0. The van der Waals surface area contributed by atoms with Crippen molar-refractivity contribution in [2.24, 2.45) is 0 Å². The highest BCUT2D eigenvalue weighted by atomic mass is 16.5. The molecular formula is C12H20N4O. The molecule has 17 heavy (non-hydrogen) atoms. The normalized spacial score (nSPS) is 20.4. The molecule has 1 aromatic rings. The molecule has 5 heteroatoms. The standard InChI is InChI=1S/C12H20N4O/c1-9-7-14-12(13-2)15-11(9)16-6-4-5-10(8-16)17-3/h7,10H,4-6,8H2,1-3H3,(H,13,14,15). The Kier molecular flexibility index (Phi) is 3.78. The summed E-state index contributed by atoms with van der Waals surface area (Å²) in [7, 11) is 3.61. The lowest BCUT2D eigenvalue weighted by molar-refractivity contribution is 0.0891. The molecule has 1 fully saturated rings. The average Bonchev–Trinajstić information content (AvgIpc) is 2.39. The van der Waals surface area contributed by atoms with Gasteiger partial charge in [0.2, 0.25) is 5.95 Å². The topological polar surface area (TPSA) is 50.3 Å². The maximum atomic E-state index is 5.44. The largest absolute Gasteiger partial charge is 0.380 e. The van der Waals surface area contributed by atoms with Crippen LogP contribution in [0.15, 0.2) is 6.20 Å². The predicted molar refractivity (Wildman–Crippen MR) is 68.6 cm³/mol. The van der Waals surface area contributed by atoms with Crippen LogP contribution in [0.3, 0.4) is 0 Å². The number of methoxy groups -OCH3 is 1. The van der Waals surface area contributed by atoms with Gasteiger partial charge in [0.15, 0.2) is 0 Å². The molecule has 1 aliphatic rings. The Balaban J connectivity index is 2.20. The SMILES string of the molecule is CNc1ncc(C)c(N2CCCC(OC)C2)n1. The van der Waals surface area contributed by atoms with Crippen LogP contribution in [0.5, 0.6) is 0 Å². The molecule has 2 rings (SSSR count). The van der Waals surface area contributed by atoms with E-state index in [0.29, 0.717) is 12.1 Å².